The van der Waals surface area contributed by atoms with E-state index in [2.05, 4.69) is 0 Å². The maximum absolute atomic E-state index is 13.8. The lowest BCUT2D eigenvalue weighted by atomic mass is 9.85. The van der Waals surface area contributed by atoms with Gasteiger partial charge in [-0.2, -0.15) is 0 Å². The van der Waals surface area contributed by atoms with Gasteiger partial charge in [0.1, 0.15) is 0 Å². The number of carbonyl (C=O) groups excluding carboxylic acids is 4. The first-order chi connectivity index (χ1) is 19.1. The molecule has 0 aliphatic carbocycles. The highest BCUT2D eigenvalue weighted by atomic mass is 16.3. The maximum Gasteiger partial charge on any atom is 0.265 e. The smallest absolute Gasteiger partial charge is 0.265 e. The second kappa shape index (κ2) is 10.5. The van der Waals surface area contributed by atoms with Crippen LogP contribution in [0.1, 0.15) is 74.2 Å². The van der Waals surface area contributed by atoms with E-state index in [0.29, 0.717) is 41.5 Å². The molecule has 2 N–H and O–H groups in total. The van der Waals surface area contributed by atoms with E-state index >= 15 is 0 Å². The highest BCUT2D eigenvalue weighted by Gasteiger charge is 2.42. The van der Waals surface area contributed by atoms with E-state index < -0.39 is 29.7 Å². The molecule has 1 unspecified atom stereocenters. The summed E-state index contributed by atoms with van der Waals surface area (Å²) in [6.07, 6.45) is 0.447. The van der Waals surface area contributed by atoms with E-state index in [9.17, 15) is 29.4 Å². The Morgan fingerprint density at radius 3 is 1.75 bits per heavy atom. The van der Waals surface area contributed by atoms with Gasteiger partial charge >= 0.3 is 0 Å². The average Bonchev–Trinajstić information content (AvgIpc) is 2.93. The molecule has 208 valence electrons. The molecule has 2 aliphatic rings. The number of aliphatic hydroxyl groups excluding tert-OH is 2. The van der Waals surface area contributed by atoms with Crippen molar-refractivity contribution in [2.75, 3.05) is 36.1 Å². The van der Waals surface area contributed by atoms with Crippen LogP contribution in [0.25, 0.3) is 10.8 Å². The zero-order valence-corrected chi connectivity index (χ0v) is 23.1. The van der Waals surface area contributed by atoms with Crippen LogP contribution in [0.2, 0.25) is 0 Å². The highest BCUT2D eigenvalue weighted by Crippen LogP contribution is 2.40. The van der Waals surface area contributed by atoms with Gasteiger partial charge in [0.15, 0.2) is 0 Å². The van der Waals surface area contributed by atoms with Crippen molar-refractivity contribution in [3.8, 4) is 0 Å². The van der Waals surface area contributed by atoms with E-state index in [4.69, 9.17) is 0 Å². The molecule has 3 aromatic carbocycles. The summed E-state index contributed by atoms with van der Waals surface area (Å²) < 4.78 is 0. The summed E-state index contributed by atoms with van der Waals surface area (Å²) >= 11 is 0. The molecule has 0 fully saturated rings. The molecule has 0 saturated carbocycles. The third-order valence-electron chi connectivity index (χ3n) is 7.78. The van der Waals surface area contributed by atoms with E-state index in [1.165, 1.54) is 12.1 Å². The molecule has 0 aromatic heterocycles. The fraction of sp³-hybridized carbons (Fsp3) is 0.355. The fourth-order valence-electron chi connectivity index (χ4n) is 5.93. The lowest BCUT2D eigenvalue weighted by Gasteiger charge is -2.35. The van der Waals surface area contributed by atoms with Gasteiger partial charge in [-0.25, -0.2) is 4.90 Å². The van der Waals surface area contributed by atoms with Crippen LogP contribution in [0.5, 0.6) is 0 Å². The summed E-state index contributed by atoms with van der Waals surface area (Å²) in [6, 6.07) is 10.9. The summed E-state index contributed by atoms with van der Waals surface area (Å²) in [4.78, 5) is 59.0. The molecule has 40 heavy (non-hydrogen) atoms. The van der Waals surface area contributed by atoms with Gasteiger partial charge in [0.2, 0.25) is 0 Å². The number of hydrogen-bond donors (Lipinski definition) is 2. The minimum absolute atomic E-state index is 0.00362. The summed E-state index contributed by atoms with van der Waals surface area (Å²) in [6.45, 7) is 8.50. The Kier molecular flexibility index (Phi) is 7.20. The number of benzene rings is 3. The number of hydrogen-bond acceptors (Lipinski definition) is 7. The van der Waals surface area contributed by atoms with Crippen molar-refractivity contribution in [3.05, 3.63) is 70.3 Å². The Morgan fingerprint density at radius 1 is 0.800 bits per heavy atom. The molecule has 9 nitrogen and oxygen atoms in total. The first-order valence-corrected chi connectivity index (χ1v) is 13.6. The average molecular weight is 544 g/mol. The monoisotopic (exact) mass is 543 g/mol. The van der Waals surface area contributed by atoms with Crippen molar-refractivity contribution in [1.29, 1.82) is 0 Å². The largest absolute Gasteiger partial charge is 0.395 e. The molecule has 3 aromatic rings. The summed E-state index contributed by atoms with van der Waals surface area (Å²) in [7, 11) is 0. The number of anilines is 2. The second-order valence-electron chi connectivity index (χ2n) is 10.7. The Morgan fingerprint density at radius 2 is 1.32 bits per heavy atom. The van der Waals surface area contributed by atoms with Crippen LogP contribution in [0.15, 0.2) is 42.5 Å². The van der Waals surface area contributed by atoms with Gasteiger partial charge in [-0.3, -0.25) is 24.1 Å². The number of rotatable bonds is 9. The number of carbonyl (C=O) groups is 4. The Balaban J connectivity index is 1.60. The van der Waals surface area contributed by atoms with Crippen LogP contribution in [-0.4, -0.2) is 71.1 Å². The van der Waals surface area contributed by atoms with Crippen molar-refractivity contribution < 1.29 is 29.4 Å². The number of aryl methyl sites for hydroxylation is 1. The van der Waals surface area contributed by atoms with Gasteiger partial charge in [-0.15, -0.1) is 0 Å². The lowest BCUT2D eigenvalue weighted by Crippen LogP contribution is -2.49. The van der Waals surface area contributed by atoms with Crippen LogP contribution in [0, 0.1) is 12.8 Å². The number of imide groups is 2. The third kappa shape index (κ3) is 4.17. The van der Waals surface area contributed by atoms with Gasteiger partial charge in [-0.05, 0) is 74.2 Å². The quantitative estimate of drug-likeness (QED) is 0.395. The molecule has 0 spiro atoms. The van der Waals surface area contributed by atoms with Gasteiger partial charge < -0.3 is 15.1 Å². The van der Waals surface area contributed by atoms with Crippen LogP contribution >= 0.6 is 0 Å². The summed E-state index contributed by atoms with van der Waals surface area (Å²) in [5, 5.41) is 20.0. The minimum atomic E-state index is -0.679. The molecule has 5 rings (SSSR count). The first-order valence-electron chi connectivity index (χ1n) is 13.6. The van der Waals surface area contributed by atoms with E-state index in [1.807, 2.05) is 44.7 Å². The zero-order valence-electron chi connectivity index (χ0n) is 23.1. The topological polar surface area (TPSA) is 118 Å². The van der Waals surface area contributed by atoms with Crippen LogP contribution in [0.4, 0.5) is 11.4 Å². The third-order valence-corrected chi connectivity index (χ3v) is 7.78. The number of nitrogens with zero attached hydrogens (tertiary/aromatic N) is 3. The van der Waals surface area contributed by atoms with Crippen LogP contribution < -0.4 is 9.80 Å². The Hall–Kier alpha value is -4.08. The Bertz CT molecular complexity index is 1490. The standard InChI is InChI=1S/C31H33N3O6/c1-5-32(12-13-35)19-6-11-25(18(4)15-19)34-30(39)23-9-7-21-26-22(8-10-24(27(23)26)31(34)40)29(38)33(28(21)37)20(16-36)14-17(2)3/h6-11,15,17,20,35-36H,5,12-14,16H2,1-4H3. The van der Waals surface area contributed by atoms with Crippen molar-refractivity contribution >= 4 is 45.8 Å². The van der Waals surface area contributed by atoms with Crippen molar-refractivity contribution in [1.82, 2.24) is 4.90 Å². The maximum atomic E-state index is 13.8. The predicted molar refractivity (Wildman–Crippen MR) is 152 cm³/mol. The molecule has 4 amide bonds. The molecule has 2 heterocycles. The fourth-order valence-corrected chi connectivity index (χ4v) is 5.93. The van der Waals surface area contributed by atoms with Gasteiger partial charge in [-0.1, -0.05) is 13.8 Å². The van der Waals surface area contributed by atoms with E-state index in [-0.39, 0.29) is 41.4 Å². The molecular formula is C31H33N3O6. The summed E-state index contributed by atoms with van der Waals surface area (Å²) in [5.74, 6) is -2.01. The van der Waals surface area contributed by atoms with Crippen LogP contribution in [-0.2, 0) is 0 Å². The number of aliphatic hydroxyl groups is 2. The van der Waals surface area contributed by atoms with Crippen molar-refractivity contribution in [2.24, 2.45) is 5.92 Å². The Labute approximate surface area is 232 Å². The van der Waals surface area contributed by atoms with Gasteiger partial charge in [0.05, 0.1) is 24.9 Å². The molecule has 1 atom stereocenters. The first kappa shape index (κ1) is 27.5. The van der Waals surface area contributed by atoms with Gasteiger partial charge in [0.25, 0.3) is 23.6 Å². The van der Waals surface area contributed by atoms with Crippen LogP contribution in [0.3, 0.4) is 0 Å². The van der Waals surface area contributed by atoms with Gasteiger partial charge in [0, 0.05) is 51.8 Å². The molecule has 0 radical (unpaired) electrons. The normalized spacial score (nSPS) is 15.5. The molecular weight excluding hydrogens is 510 g/mol. The minimum Gasteiger partial charge on any atom is -0.395 e. The zero-order chi connectivity index (χ0) is 28.9. The number of amides is 4. The van der Waals surface area contributed by atoms with Crippen molar-refractivity contribution in [3.63, 3.8) is 0 Å². The highest BCUT2D eigenvalue weighted by molar-refractivity contribution is 6.39. The second-order valence-corrected chi connectivity index (χ2v) is 10.7. The lowest BCUT2D eigenvalue weighted by molar-refractivity contribution is 0.0443. The summed E-state index contributed by atoms with van der Waals surface area (Å²) in [5.41, 5.74) is 2.97. The molecule has 0 bridgehead atoms. The molecule has 2 aliphatic heterocycles. The SMILES string of the molecule is CCN(CCO)c1ccc(N2C(=O)c3ccc4c5c(ccc(c35)C2=O)C(=O)N(C(CO)CC(C)C)C4=O)c(C)c1. The number of likely N-dealkylation sites (N-methyl/N-ethyl adjacent to an activating group) is 1. The van der Waals surface area contributed by atoms with E-state index in [1.54, 1.807) is 18.2 Å². The van der Waals surface area contributed by atoms with E-state index in [0.717, 1.165) is 15.5 Å². The molecule has 9 heteroatoms. The molecule has 0 saturated heterocycles. The van der Waals surface area contributed by atoms with Crippen molar-refractivity contribution in [2.45, 2.75) is 40.2 Å². The predicted octanol–water partition coefficient (Wildman–Crippen LogP) is 3.77.